The monoisotopic (exact) mass is 943 g/mol. The molecule has 67 heavy (non-hydrogen) atoms. The molecule has 2 aromatic carbocycles. The number of fused-ring (bicyclic) bond motifs is 4. The molecular formula is C50H62FN5O10S. The number of amides is 4. The van der Waals surface area contributed by atoms with Gasteiger partial charge in [-0.1, -0.05) is 26.0 Å². The molecule has 1 saturated heterocycles. The van der Waals surface area contributed by atoms with Crippen molar-refractivity contribution in [1.82, 2.24) is 24.8 Å². The molecule has 0 spiro atoms. The lowest BCUT2D eigenvalue weighted by molar-refractivity contribution is -0.145. The zero-order valence-corrected chi connectivity index (χ0v) is 39.8. The molecule has 0 radical (unpaired) electrons. The third-order valence-corrected chi connectivity index (χ3v) is 17.4. The first-order valence-corrected chi connectivity index (χ1v) is 25.3. The normalized spacial score (nSPS) is 31.6. The molecular weight excluding hydrogens is 882 g/mol. The van der Waals surface area contributed by atoms with Gasteiger partial charge in [-0.25, -0.2) is 22.6 Å². The van der Waals surface area contributed by atoms with Gasteiger partial charge in [0, 0.05) is 29.3 Å². The molecule has 2 unspecified atom stereocenters. The van der Waals surface area contributed by atoms with E-state index in [2.05, 4.69) is 17.0 Å². The van der Waals surface area contributed by atoms with E-state index in [4.69, 9.17) is 19.2 Å². The molecule has 360 valence electrons. The topological polar surface area (TPSA) is 194 Å². The molecule has 10 atom stereocenters. The van der Waals surface area contributed by atoms with Crippen molar-refractivity contribution in [1.29, 1.82) is 0 Å². The summed E-state index contributed by atoms with van der Waals surface area (Å²) < 4.78 is 61.4. The molecule has 6 aliphatic rings. The summed E-state index contributed by atoms with van der Waals surface area (Å²) in [6.07, 6.45) is 6.74. The summed E-state index contributed by atoms with van der Waals surface area (Å²) >= 11 is 0. The summed E-state index contributed by atoms with van der Waals surface area (Å²) in [4.78, 5) is 65.7. The Morgan fingerprint density at radius 3 is 2.40 bits per heavy atom. The molecule has 17 heteroatoms. The number of pyridine rings is 1. The van der Waals surface area contributed by atoms with E-state index in [0.29, 0.717) is 78.1 Å². The number of methoxy groups -OCH3 is 1. The fourth-order valence-electron chi connectivity index (χ4n) is 10.9. The van der Waals surface area contributed by atoms with Gasteiger partial charge in [-0.2, -0.15) is 0 Å². The molecule has 15 nitrogen and oxygen atoms in total. The second kappa shape index (κ2) is 17.6. The Labute approximate surface area is 391 Å². The van der Waals surface area contributed by atoms with Crippen molar-refractivity contribution < 1.29 is 51.3 Å². The molecule has 0 bridgehead atoms. The second-order valence-electron chi connectivity index (χ2n) is 20.7. The molecule has 9 rings (SSSR count). The summed E-state index contributed by atoms with van der Waals surface area (Å²) in [7, 11) is -2.70. The average Bonchev–Trinajstić information content (AvgIpc) is 4.23. The highest BCUT2D eigenvalue weighted by Crippen LogP contribution is 2.54. The Bertz CT molecular complexity index is 2590. The van der Waals surface area contributed by atoms with Crippen molar-refractivity contribution in [3.8, 4) is 28.6 Å². The van der Waals surface area contributed by atoms with Gasteiger partial charge in [0.25, 0.3) is 5.91 Å². The van der Waals surface area contributed by atoms with E-state index in [9.17, 15) is 27.9 Å². The van der Waals surface area contributed by atoms with Gasteiger partial charge in [-0.05, 0) is 150 Å². The van der Waals surface area contributed by atoms with Crippen LogP contribution in [0.3, 0.4) is 0 Å². The number of hydrogen-bond acceptors (Lipinski definition) is 10. The highest BCUT2D eigenvalue weighted by atomic mass is 32.2. The summed E-state index contributed by atoms with van der Waals surface area (Å²) in [6.45, 7) is 9.25. The molecule has 5 fully saturated rings. The smallest absolute Gasteiger partial charge is 0.408 e. The van der Waals surface area contributed by atoms with Gasteiger partial charge >= 0.3 is 6.09 Å². The van der Waals surface area contributed by atoms with Crippen LogP contribution in [0.2, 0.25) is 0 Å². The van der Waals surface area contributed by atoms with Crippen LogP contribution >= 0.6 is 0 Å². The minimum Gasteiger partial charge on any atom is -0.494 e. The third-order valence-electron chi connectivity index (χ3n) is 15.2. The maximum atomic E-state index is 15.5. The number of aromatic nitrogens is 1. The third kappa shape index (κ3) is 9.16. The quantitative estimate of drug-likeness (QED) is 0.164. The number of rotatable bonds is 11. The zero-order chi connectivity index (χ0) is 47.7. The lowest BCUT2D eigenvalue weighted by atomic mass is 9.86. The van der Waals surface area contributed by atoms with E-state index in [0.717, 1.165) is 12.8 Å². The van der Waals surface area contributed by atoms with Gasteiger partial charge < -0.3 is 29.5 Å². The average molecular weight is 944 g/mol. The van der Waals surface area contributed by atoms with Gasteiger partial charge in [-0.3, -0.25) is 24.0 Å². The Morgan fingerprint density at radius 2 is 1.75 bits per heavy atom. The van der Waals surface area contributed by atoms with Gasteiger partial charge in [0.1, 0.15) is 29.5 Å². The van der Waals surface area contributed by atoms with Crippen LogP contribution < -0.4 is 24.2 Å². The number of sulfonamides is 1. The Kier molecular flexibility index (Phi) is 12.2. The lowest BCUT2D eigenvalue weighted by Crippen LogP contribution is -2.61. The molecule has 4 saturated carbocycles. The standard InChI is InChI=1S/C50H62FN5O10S/c1-27(2)65-36-13-11-30(12-14-36)40-21-33-22-42(64-6)39(51)24-38(33)45(52-40)66-37-23-41-44(57)53-50(47(59)54-67(62,63)49(5)15-16-49)25-34(50)10-8-7-9-28(3)17-29(4)43(46(58)55(41)26-37)56(48(60)61)35-19-31-18-32(31)20-35/h8,10-14,21-22,24,27-29,31-32,34-35,37,41,43H,7,9,15-20,23,25-26H2,1-6H3,(H,53,57)(H,54,59)(H,60,61)/b10-8-/t28-,29+,31-,32?,34+,35?,37+,41-,43-,50+/m0/s1. The van der Waals surface area contributed by atoms with Crippen LogP contribution in [0.5, 0.6) is 17.4 Å². The van der Waals surface area contributed by atoms with Crippen molar-refractivity contribution in [2.45, 2.75) is 139 Å². The van der Waals surface area contributed by atoms with Crippen LogP contribution in [0.15, 0.2) is 54.6 Å². The minimum atomic E-state index is -4.07. The minimum absolute atomic E-state index is 0.00701. The van der Waals surface area contributed by atoms with Gasteiger partial charge in [-0.15, -0.1) is 0 Å². The van der Waals surface area contributed by atoms with Crippen molar-refractivity contribution in [2.24, 2.45) is 29.6 Å². The number of benzene rings is 2. The van der Waals surface area contributed by atoms with Crippen LogP contribution in [0.4, 0.5) is 9.18 Å². The predicted octanol–water partition coefficient (Wildman–Crippen LogP) is 7.22. The molecule has 3 aromatic rings. The van der Waals surface area contributed by atoms with Crippen molar-refractivity contribution >= 4 is 44.6 Å². The number of carboxylic acid groups (broad SMARTS) is 1. The molecule has 3 heterocycles. The van der Waals surface area contributed by atoms with Crippen molar-refractivity contribution in [2.75, 3.05) is 13.7 Å². The van der Waals surface area contributed by atoms with Crippen LogP contribution in [-0.4, -0.2) is 106 Å². The lowest BCUT2D eigenvalue weighted by Gasteiger charge is -2.40. The summed E-state index contributed by atoms with van der Waals surface area (Å²) in [6, 6.07) is 9.15. The number of allylic oxidation sites excluding steroid dienone is 1. The second-order valence-corrected chi connectivity index (χ2v) is 22.9. The molecule has 4 aliphatic carbocycles. The number of carbonyl (C=O) groups is 4. The van der Waals surface area contributed by atoms with Crippen LogP contribution in [-0.2, 0) is 24.4 Å². The van der Waals surface area contributed by atoms with Crippen LogP contribution in [0.1, 0.15) is 98.8 Å². The van der Waals surface area contributed by atoms with E-state index in [1.54, 1.807) is 19.1 Å². The summed E-state index contributed by atoms with van der Waals surface area (Å²) in [5, 5.41) is 14.7. The largest absolute Gasteiger partial charge is 0.494 e. The van der Waals surface area contributed by atoms with Gasteiger partial charge in [0.05, 0.1) is 30.2 Å². The SMILES string of the molecule is COc1cc2cc(-c3ccc(OC(C)C)cc3)nc(O[C@@H]3C[C@H]4C(=O)N[C@]5(C(=O)NS(=O)(=O)C6(C)CC6)C[C@H]5/C=C\CC[C@H](C)C[C@@H](C)[C@H](N(C(=O)O)C5CC6C[C@H]6C5)C(=O)N4C3)c2cc1F. The van der Waals surface area contributed by atoms with Crippen molar-refractivity contribution in [3.05, 3.63) is 60.4 Å². The number of nitrogens with one attached hydrogen (secondary N) is 2. The van der Waals surface area contributed by atoms with Crippen molar-refractivity contribution in [3.63, 3.8) is 0 Å². The Balaban J connectivity index is 1.10. The maximum absolute atomic E-state index is 15.5. The number of ether oxygens (including phenoxy) is 3. The van der Waals surface area contributed by atoms with Gasteiger partial charge in [0.2, 0.25) is 27.7 Å². The fraction of sp³-hybridized carbons (Fsp3) is 0.580. The summed E-state index contributed by atoms with van der Waals surface area (Å²) in [5.41, 5.74) is -0.424. The van der Waals surface area contributed by atoms with E-state index in [1.165, 1.54) is 23.0 Å². The van der Waals surface area contributed by atoms with E-state index >= 15 is 9.18 Å². The fourth-order valence-corrected chi connectivity index (χ4v) is 12.2. The van der Waals surface area contributed by atoms with E-state index in [1.807, 2.05) is 57.2 Å². The van der Waals surface area contributed by atoms with E-state index < -0.39 is 80.0 Å². The number of nitrogens with zero attached hydrogens (tertiary/aromatic N) is 3. The highest BCUT2D eigenvalue weighted by Gasteiger charge is 2.63. The van der Waals surface area contributed by atoms with E-state index in [-0.39, 0.29) is 49.1 Å². The molecule has 2 aliphatic heterocycles. The van der Waals surface area contributed by atoms with Crippen LogP contribution in [0.25, 0.3) is 22.0 Å². The first-order valence-electron chi connectivity index (χ1n) is 23.8. The predicted molar refractivity (Wildman–Crippen MR) is 247 cm³/mol. The molecule has 1 aromatic heterocycles. The molecule has 3 N–H and O–H groups in total. The Hall–Kier alpha value is -5.45. The number of halogens is 1. The Morgan fingerprint density at radius 1 is 1.03 bits per heavy atom. The summed E-state index contributed by atoms with van der Waals surface area (Å²) in [5.74, 6) is -2.09. The molecule has 4 amide bonds. The first-order chi connectivity index (χ1) is 31.8. The zero-order valence-electron chi connectivity index (χ0n) is 39.0. The number of carbonyl (C=O) groups excluding carboxylic acids is 3. The highest BCUT2D eigenvalue weighted by molar-refractivity contribution is 7.91. The first kappa shape index (κ1) is 46.7. The maximum Gasteiger partial charge on any atom is 0.408 e. The van der Waals surface area contributed by atoms with Crippen LogP contribution in [0, 0.1) is 35.4 Å². The van der Waals surface area contributed by atoms with Gasteiger partial charge in [0.15, 0.2) is 11.6 Å². The number of hydrogen-bond donors (Lipinski definition) is 3.